The summed E-state index contributed by atoms with van der Waals surface area (Å²) in [6.45, 7) is 1.55. The van der Waals surface area contributed by atoms with Crippen molar-refractivity contribution in [1.82, 2.24) is 0 Å². The van der Waals surface area contributed by atoms with Crippen LogP contribution in [-0.4, -0.2) is 44.3 Å². The van der Waals surface area contributed by atoms with Crippen LogP contribution in [0.1, 0.15) is 0 Å². The number of hydrogen-bond acceptors (Lipinski definition) is 5. The van der Waals surface area contributed by atoms with Crippen LogP contribution in [0.2, 0.25) is 0 Å². The molecule has 0 saturated carbocycles. The molecule has 0 aromatic heterocycles. The first-order valence-electron chi connectivity index (χ1n) is 5.68. The fraction of sp³-hybridized carbons (Fsp3) is 0.417. The van der Waals surface area contributed by atoms with E-state index in [0.29, 0.717) is 25.4 Å². The highest BCUT2D eigenvalue weighted by Gasteiger charge is 2.20. The Morgan fingerprint density at radius 3 is 2.83 bits per heavy atom. The lowest BCUT2D eigenvalue weighted by atomic mass is 10.2. The Morgan fingerprint density at radius 1 is 1.50 bits per heavy atom. The van der Waals surface area contributed by atoms with E-state index in [9.17, 15) is 9.90 Å². The molecule has 6 nitrogen and oxygen atoms in total. The molecular formula is C12H16N2O4. The quantitative estimate of drug-likeness (QED) is 0.822. The number of hydrogen-bond donors (Lipinski definition) is 2. The lowest BCUT2D eigenvalue weighted by Crippen LogP contribution is -2.45. The summed E-state index contributed by atoms with van der Waals surface area (Å²) in [5.41, 5.74) is 1.54. The number of amides is 1. The van der Waals surface area contributed by atoms with Crippen molar-refractivity contribution in [3.05, 3.63) is 24.3 Å². The van der Waals surface area contributed by atoms with Crippen LogP contribution in [0, 0.1) is 0 Å². The highest BCUT2D eigenvalue weighted by molar-refractivity contribution is 5.84. The van der Waals surface area contributed by atoms with Crippen LogP contribution in [0.15, 0.2) is 24.3 Å². The molecule has 1 saturated heterocycles. The number of carbonyl (C=O) groups excluding carboxylic acids is 1. The van der Waals surface area contributed by atoms with Gasteiger partial charge < -0.3 is 19.5 Å². The molecule has 6 heteroatoms. The number of anilines is 2. The Hall–Kier alpha value is -1.79. The van der Waals surface area contributed by atoms with Gasteiger partial charge in [0.2, 0.25) is 0 Å². The third-order valence-corrected chi connectivity index (χ3v) is 2.73. The van der Waals surface area contributed by atoms with Crippen LogP contribution in [0.25, 0.3) is 0 Å². The summed E-state index contributed by atoms with van der Waals surface area (Å²) in [4.78, 5) is 12.9. The average molecular weight is 252 g/mol. The molecular weight excluding hydrogens is 236 g/mol. The van der Waals surface area contributed by atoms with Gasteiger partial charge in [0.1, 0.15) is 0 Å². The van der Waals surface area contributed by atoms with Crippen molar-refractivity contribution in [2.45, 2.75) is 6.23 Å². The fourth-order valence-corrected chi connectivity index (χ4v) is 1.80. The van der Waals surface area contributed by atoms with Crippen molar-refractivity contribution in [2.75, 3.05) is 37.1 Å². The molecule has 1 aliphatic heterocycles. The zero-order valence-electron chi connectivity index (χ0n) is 10.1. The summed E-state index contributed by atoms with van der Waals surface area (Å²) in [6, 6.07) is 7.18. The van der Waals surface area contributed by atoms with E-state index in [4.69, 9.17) is 4.74 Å². The zero-order chi connectivity index (χ0) is 13.0. The molecule has 98 valence electrons. The first-order valence-corrected chi connectivity index (χ1v) is 5.68. The Morgan fingerprint density at radius 2 is 2.22 bits per heavy atom. The number of nitrogens with one attached hydrogen (secondary N) is 1. The van der Waals surface area contributed by atoms with Crippen molar-refractivity contribution in [1.29, 1.82) is 0 Å². The second-order valence-electron chi connectivity index (χ2n) is 3.91. The van der Waals surface area contributed by atoms with Gasteiger partial charge in [-0.2, -0.15) is 0 Å². The molecule has 1 fully saturated rings. The number of morpholine rings is 1. The first-order chi connectivity index (χ1) is 8.70. The highest BCUT2D eigenvalue weighted by Crippen LogP contribution is 2.21. The number of rotatable bonds is 2. The molecule has 2 rings (SSSR count). The van der Waals surface area contributed by atoms with Gasteiger partial charge >= 0.3 is 6.09 Å². The maximum absolute atomic E-state index is 11.0. The van der Waals surface area contributed by atoms with Gasteiger partial charge in [-0.25, -0.2) is 4.79 Å². The largest absolute Gasteiger partial charge is 0.453 e. The molecule has 0 bridgehead atoms. The number of aliphatic hydroxyl groups is 1. The predicted octanol–water partition coefficient (Wildman–Crippen LogP) is 1.02. The molecule has 2 N–H and O–H groups in total. The third kappa shape index (κ3) is 2.91. The van der Waals surface area contributed by atoms with E-state index in [1.54, 1.807) is 12.1 Å². The minimum absolute atomic E-state index is 0.308. The summed E-state index contributed by atoms with van der Waals surface area (Å²) >= 11 is 0. The monoisotopic (exact) mass is 252 g/mol. The topological polar surface area (TPSA) is 71.0 Å². The van der Waals surface area contributed by atoms with E-state index < -0.39 is 12.3 Å². The Balaban J connectivity index is 2.04. The van der Waals surface area contributed by atoms with Crippen LogP contribution < -0.4 is 10.2 Å². The van der Waals surface area contributed by atoms with Gasteiger partial charge in [-0.3, -0.25) is 5.32 Å². The van der Waals surface area contributed by atoms with Gasteiger partial charge in [0.05, 0.1) is 20.3 Å². The Labute approximate surface area is 105 Å². The molecule has 0 aliphatic carbocycles. The van der Waals surface area contributed by atoms with Crippen LogP contribution >= 0.6 is 0 Å². The van der Waals surface area contributed by atoms with Gasteiger partial charge in [0.15, 0.2) is 6.23 Å². The Kier molecular flexibility index (Phi) is 4.01. The molecule has 1 atom stereocenters. The first kappa shape index (κ1) is 12.7. The number of methoxy groups -OCH3 is 1. The number of carbonyl (C=O) groups is 1. The predicted molar refractivity (Wildman–Crippen MR) is 66.6 cm³/mol. The molecule has 1 unspecified atom stereocenters. The Bertz CT molecular complexity index is 407. The maximum atomic E-state index is 11.0. The molecule has 1 aliphatic rings. The van der Waals surface area contributed by atoms with Crippen molar-refractivity contribution in [3.63, 3.8) is 0 Å². The molecule has 0 radical (unpaired) electrons. The summed E-state index contributed by atoms with van der Waals surface area (Å²) in [5, 5.41) is 12.4. The van der Waals surface area contributed by atoms with Crippen molar-refractivity contribution in [3.8, 4) is 0 Å². The minimum atomic E-state index is -0.627. The van der Waals surface area contributed by atoms with E-state index in [2.05, 4.69) is 10.1 Å². The molecule has 18 heavy (non-hydrogen) atoms. The number of benzene rings is 1. The molecule has 1 aromatic carbocycles. The lowest BCUT2D eigenvalue weighted by molar-refractivity contribution is 0.00633. The summed E-state index contributed by atoms with van der Waals surface area (Å²) < 4.78 is 9.66. The molecule has 1 aromatic rings. The van der Waals surface area contributed by atoms with E-state index in [1.165, 1.54) is 7.11 Å². The van der Waals surface area contributed by atoms with E-state index in [0.717, 1.165) is 5.69 Å². The number of ether oxygens (including phenoxy) is 2. The smallest absolute Gasteiger partial charge is 0.411 e. The van der Waals surface area contributed by atoms with Crippen LogP contribution in [0.3, 0.4) is 0 Å². The van der Waals surface area contributed by atoms with E-state index in [1.807, 2.05) is 17.0 Å². The molecule has 1 amide bonds. The molecule has 1 heterocycles. The number of nitrogens with zero attached hydrogens (tertiary/aromatic N) is 1. The van der Waals surface area contributed by atoms with E-state index in [-0.39, 0.29) is 0 Å². The summed E-state index contributed by atoms with van der Waals surface area (Å²) in [7, 11) is 1.31. The normalized spacial score (nSPS) is 19.4. The van der Waals surface area contributed by atoms with Crippen LogP contribution in [0.5, 0.6) is 0 Å². The van der Waals surface area contributed by atoms with Gasteiger partial charge in [-0.15, -0.1) is 0 Å². The second-order valence-corrected chi connectivity index (χ2v) is 3.91. The fourth-order valence-electron chi connectivity index (χ4n) is 1.80. The van der Waals surface area contributed by atoms with Crippen molar-refractivity contribution in [2.24, 2.45) is 0 Å². The minimum Gasteiger partial charge on any atom is -0.453 e. The molecule has 0 spiro atoms. The van der Waals surface area contributed by atoms with Gasteiger partial charge in [0, 0.05) is 17.9 Å². The van der Waals surface area contributed by atoms with Gasteiger partial charge in [0.25, 0.3) is 0 Å². The van der Waals surface area contributed by atoms with Gasteiger partial charge in [-0.05, 0) is 24.3 Å². The summed E-state index contributed by atoms with van der Waals surface area (Å²) in [5.74, 6) is 0. The average Bonchev–Trinajstić information content (AvgIpc) is 2.40. The van der Waals surface area contributed by atoms with Crippen molar-refractivity contribution >= 4 is 17.5 Å². The highest BCUT2D eigenvalue weighted by atomic mass is 16.5. The second kappa shape index (κ2) is 5.70. The van der Waals surface area contributed by atoms with Crippen molar-refractivity contribution < 1.29 is 19.4 Å². The van der Waals surface area contributed by atoms with Gasteiger partial charge in [-0.1, -0.05) is 0 Å². The maximum Gasteiger partial charge on any atom is 0.411 e. The number of aliphatic hydroxyl groups excluding tert-OH is 1. The third-order valence-electron chi connectivity index (χ3n) is 2.73. The SMILES string of the molecule is COC(=O)Nc1ccc(N2CCOCC2O)cc1. The standard InChI is InChI=1S/C12H16N2O4/c1-17-12(16)13-9-2-4-10(5-3-9)14-6-7-18-8-11(14)15/h2-5,11,15H,6-8H2,1H3,(H,13,16). The van der Waals surface area contributed by atoms with Crippen LogP contribution in [0.4, 0.5) is 16.2 Å². The lowest BCUT2D eigenvalue weighted by Gasteiger charge is -2.33. The van der Waals surface area contributed by atoms with E-state index >= 15 is 0 Å². The summed E-state index contributed by atoms with van der Waals surface area (Å²) in [6.07, 6.45) is -1.13. The zero-order valence-corrected chi connectivity index (χ0v) is 10.1. The van der Waals surface area contributed by atoms with Crippen LogP contribution in [-0.2, 0) is 9.47 Å².